The molecule has 4 rings (SSSR count). The maximum atomic E-state index is 14.7. The van der Waals surface area contributed by atoms with E-state index >= 15 is 0 Å². The maximum absolute atomic E-state index is 14.7. The zero-order valence-corrected chi connectivity index (χ0v) is 15.6. The van der Waals surface area contributed by atoms with E-state index in [2.05, 4.69) is 4.98 Å². The molecular weight excluding hydrogens is 363 g/mol. The average Bonchev–Trinajstić information content (AvgIpc) is 3.07. The molecule has 1 saturated heterocycles. The van der Waals surface area contributed by atoms with E-state index in [4.69, 9.17) is 14.2 Å². The van der Waals surface area contributed by atoms with Gasteiger partial charge in [-0.2, -0.15) is 0 Å². The molecule has 2 aliphatic rings. The third-order valence-electron chi connectivity index (χ3n) is 4.82. The molecule has 146 valence electrons. The molecule has 0 saturated carbocycles. The number of aromatic nitrogens is 1. The highest BCUT2D eigenvalue weighted by atomic mass is 19.1. The lowest BCUT2D eigenvalue weighted by atomic mass is 10.0. The molecule has 1 atom stereocenters. The van der Waals surface area contributed by atoms with Crippen molar-refractivity contribution in [3.8, 4) is 5.88 Å². The number of rotatable bonds is 5. The highest BCUT2D eigenvalue weighted by Gasteiger charge is 2.35. The lowest BCUT2D eigenvalue weighted by Crippen LogP contribution is -2.38. The number of benzene rings is 1. The summed E-state index contributed by atoms with van der Waals surface area (Å²) in [6.07, 6.45) is 3.71. The Labute approximate surface area is 162 Å². The Bertz CT molecular complexity index is 915. The third kappa shape index (κ3) is 3.84. The molecule has 2 aromatic rings. The lowest BCUT2D eigenvalue weighted by molar-refractivity contribution is 0.161. The normalized spacial score (nSPS) is 19.4. The fraction of sp³-hybridized carbons (Fsp3) is 0.333. The number of nitrogens with zero attached hydrogens (tertiary/aromatic N) is 2. The zero-order chi connectivity index (χ0) is 19.5. The van der Waals surface area contributed by atoms with Gasteiger partial charge in [0.1, 0.15) is 25.1 Å². The van der Waals surface area contributed by atoms with Crippen LogP contribution >= 0.6 is 0 Å². The molecule has 0 unspecified atom stereocenters. The fourth-order valence-electron chi connectivity index (χ4n) is 3.35. The monoisotopic (exact) mass is 384 g/mol. The predicted molar refractivity (Wildman–Crippen MR) is 102 cm³/mol. The van der Waals surface area contributed by atoms with Gasteiger partial charge in [0.25, 0.3) is 0 Å². The Balaban J connectivity index is 1.51. The number of anilines is 1. The highest BCUT2D eigenvalue weighted by molar-refractivity contribution is 5.90. The van der Waals surface area contributed by atoms with Crippen LogP contribution in [0.2, 0.25) is 0 Å². The summed E-state index contributed by atoms with van der Waals surface area (Å²) >= 11 is 0. The SMILES string of the molecule is Cc1ccnc(OC[C@@H]2COC(=O)N2c2ccc(C3=CCOCC3)c(F)c2)c1. The van der Waals surface area contributed by atoms with Gasteiger partial charge in [-0.1, -0.05) is 6.08 Å². The van der Waals surface area contributed by atoms with Crippen molar-refractivity contribution in [2.45, 2.75) is 19.4 Å². The molecule has 3 heterocycles. The standard InChI is InChI=1S/C21H21FN2O4/c1-14-4-7-23-20(10-14)27-12-17-13-28-21(25)24(17)16-2-3-18(19(22)11-16)15-5-8-26-9-6-15/h2-5,7,10-11,17H,6,8-9,12-13H2,1H3/t17-/m1/s1. The number of halogens is 1. The third-order valence-corrected chi connectivity index (χ3v) is 4.82. The largest absolute Gasteiger partial charge is 0.475 e. The minimum atomic E-state index is -0.511. The molecule has 0 aliphatic carbocycles. The summed E-state index contributed by atoms with van der Waals surface area (Å²) in [4.78, 5) is 17.8. The molecule has 1 fully saturated rings. The van der Waals surface area contributed by atoms with Gasteiger partial charge in [-0.25, -0.2) is 14.2 Å². The van der Waals surface area contributed by atoms with Crippen LogP contribution in [0.25, 0.3) is 5.57 Å². The number of hydrogen-bond donors (Lipinski definition) is 0. The van der Waals surface area contributed by atoms with E-state index in [0.29, 0.717) is 36.8 Å². The van der Waals surface area contributed by atoms with E-state index < -0.39 is 6.09 Å². The number of carbonyl (C=O) groups is 1. The summed E-state index contributed by atoms with van der Waals surface area (Å²) in [5, 5.41) is 0. The summed E-state index contributed by atoms with van der Waals surface area (Å²) in [7, 11) is 0. The van der Waals surface area contributed by atoms with Crippen molar-refractivity contribution in [2.24, 2.45) is 0 Å². The second kappa shape index (κ2) is 7.98. The van der Waals surface area contributed by atoms with Crippen LogP contribution in [-0.2, 0) is 9.47 Å². The second-order valence-corrected chi connectivity index (χ2v) is 6.80. The van der Waals surface area contributed by atoms with Crippen LogP contribution in [0.4, 0.5) is 14.9 Å². The van der Waals surface area contributed by atoms with Crippen LogP contribution < -0.4 is 9.64 Å². The minimum absolute atomic E-state index is 0.177. The Morgan fingerprint density at radius 1 is 1.32 bits per heavy atom. The first-order valence-electron chi connectivity index (χ1n) is 9.20. The van der Waals surface area contributed by atoms with E-state index in [1.165, 1.54) is 11.0 Å². The summed E-state index contributed by atoms with van der Waals surface area (Å²) in [6.45, 7) is 3.39. The van der Waals surface area contributed by atoms with E-state index in [-0.39, 0.29) is 25.1 Å². The molecule has 1 aromatic carbocycles. The first-order chi connectivity index (χ1) is 13.6. The van der Waals surface area contributed by atoms with Crippen LogP contribution in [0, 0.1) is 12.7 Å². The van der Waals surface area contributed by atoms with Crippen molar-refractivity contribution in [1.82, 2.24) is 4.98 Å². The number of carbonyl (C=O) groups excluding carboxylic acids is 1. The molecule has 1 amide bonds. The van der Waals surface area contributed by atoms with Crippen LogP contribution in [0.5, 0.6) is 5.88 Å². The number of ether oxygens (including phenoxy) is 3. The average molecular weight is 384 g/mol. The Morgan fingerprint density at radius 2 is 2.21 bits per heavy atom. The number of aryl methyl sites for hydroxylation is 1. The maximum Gasteiger partial charge on any atom is 0.414 e. The number of amides is 1. The van der Waals surface area contributed by atoms with Crippen LogP contribution in [0.1, 0.15) is 17.5 Å². The number of cyclic esters (lactones) is 1. The molecule has 0 bridgehead atoms. The van der Waals surface area contributed by atoms with Gasteiger partial charge < -0.3 is 14.2 Å². The van der Waals surface area contributed by atoms with Gasteiger partial charge in [0.2, 0.25) is 5.88 Å². The van der Waals surface area contributed by atoms with Crippen molar-refractivity contribution in [1.29, 1.82) is 0 Å². The smallest absolute Gasteiger partial charge is 0.414 e. The van der Waals surface area contributed by atoms with Gasteiger partial charge in [0.15, 0.2) is 0 Å². The molecule has 0 spiro atoms. The van der Waals surface area contributed by atoms with Gasteiger partial charge in [-0.3, -0.25) is 4.90 Å². The Morgan fingerprint density at radius 3 is 2.96 bits per heavy atom. The predicted octanol–water partition coefficient (Wildman–Crippen LogP) is 3.74. The van der Waals surface area contributed by atoms with Crippen molar-refractivity contribution >= 4 is 17.4 Å². The molecule has 2 aliphatic heterocycles. The number of pyridine rings is 1. The zero-order valence-electron chi connectivity index (χ0n) is 15.6. The molecule has 6 nitrogen and oxygen atoms in total. The van der Waals surface area contributed by atoms with Gasteiger partial charge in [0, 0.05) is 17.8 Å². The van der Waals surface area contributed by atoms with E-state index in [1.807, 2.05) is 25.1 Å². The van der Waals surface area contributed by atoms with Crippen LogP contribution in [-0.4, -0.2) is 43.5 Å². The molecule has 0 radical (unpaired) electrons. The van der Waals surface area contributed by atoms with Crippen LogP contribution in [0.15, 0.2) is 42.6 Å². The number of hydrogen-bond acceptors (Lipinski definition) is 5. The van der Waals surface area contributed by atoms with Crippen molar-refractivity contribution < 1.29 is 23.4 Å². The van der Waals surface area contributed by atoms with Crippen molar-refractivity contribution in [2.75, 3.05) is 31.3 Å². The summed E-state index contributed by atoms with van der Waals surface area (Å²) in [5.74, 6) is 0.109. The quantitative estimate of drug-likeness (QED) is 0.786. The fourth-order valence-corrected chi connectivity index (χ4v) is 3.35. The molecule has 7 heteroatoms. The molecular formula is C21H21FN2O4. The van der Waals surface area contributed by atoms with E-state index in [9.17, 15) is 9.18 Å². The van der Waals surface area contributed by atoms with E-state index in [0.717, 1.165) is 11.1 Å². The van der Waals surface area contributed by atoms with E-state index in [1.54, 1.807) is 18.3 Å². The van der Waals surface area contributed by atoms with Gasteiger partial charge in [-0.15, -0.1) is 0 Å². The first-order valence-corrected chi connectivity index (χ1v) is 9.20. The second-order valence-electron chi connectivity index (χ2n) is 6.80. The van der Waals surface area contributed by atoms with Gasteiger partial charge in [0.05, 0.1) is 18.9 Å². The first kappa shape index (κ1) is 18.4. The topological polar surface area (TPSA) is 60.9 Å². The lowest BCUT2D eigenvalue weighted by Gasteiger charge is -2.22. The van der Waals surface area contributed by atoms with Gasteiger partial charge >= 0.3 is 6.09 Å². The summed E-state index contributed by atoms with van der Waals surface area (Å²) < 4.78 is 30.9. The minimum Gasteiger partial charge on any atom is -0.475 e. The molecule has 0 N–H and O–H groups in total. The van der Waals surface area contributed by atoms with Crippen LogP contribution in [0.3, 0.4) is 0 Å². The Kier molecular flexibility index (Phi) is 5.25. The Hall–Kier alpha value is -2.93. The summed E-state index contributed by atoms with van der Waals surface area (Å²) in [6, 6.07) is 8.14. The molecule has 1 aromatic heterocycles. The van der Waals surface area contributed by atoms with Gasteiger partial charge in [-0.05, 0) is 48.7 Å². The van der Waals surface area contributed by atoms with Crippen molar-refractivity contribution in [3.63, 3.8) is 0 Å². The summed E-state index contributed by atoms with van der Waals surface area (Å²) in [5.41, 5.74) is 2.93. The highest BCUT2D eigenvalue weighted by Crippen LogP contribution is 2.30. The van der Waals surface area contributed by atoms with Crippen molar-refractivity contribution in [3.05, 3.63) is 59.5 Å². The molecule has 28 heavy (non-hydrogen) atoms.